The average molecular weight is 328 g/mol. The van der Waals surface area contributed by atoms with Crippen molar-refractivity contribution in [2.45, 2.75) is 44.9 Å². The largest absolute Gasteiger partial charge is 0.342 e. The second kappa shape index (κ2) is 7.82. The molecule has 24 heavy (non-hydrogen) atoms. The van der Waals surface area contributed by atoms with Crippen molar-refractivity contribution in [3.8, 4) is 0 Å². The van der Waals surface area contributed by atoms with Crippen molar-refractivity contribution in [3.05, 3.63) is 35.9 Å². The van der Waals surface area contributed by atoms with Crippen LogP contribution >= 0.6 is 0 Å². The van der Waals surface area contributed by atoms with E-state index in [0.717, 1.165) is 50.8 Å². The molecule has 1 atom stereocenters. The van der Waals surface area contributed by atoms with Gasteiger partial charge in [-0.3, -0.25) is 9.59 Å². The Morgan fingerprint density at radius 2 is 1.62 bits per heavy atom. The summed E-state index contributed by atoms with van der Waals surface area (Å²) < 4.78 is 0. The smallest absolute Gasteiger partial charge is 0.230 e. The molecular formula is C20H28N2O2. The predicted molar refractivity (Wildman–Crippen MR) is 94.6 cm³/mol. The fourth-order valence-corrected chi connectivity index (χ4v) is 4.00. The molecule has 1 aromatic carbocycles. The number of carbonyl (C=O) groups is 2. The minimum atomic E-state index is -0.0583. The van der Waals surface area contributed by atoms with Crippen LogP contribution in [0.4, 0.5) is 0 Å². The molecule has 4 nitrogen and oxygen atoms in total. The van der Waals surface area contributed by atoms with E-state index in [1.54, 1.807) is 0 Å². The van der Waals surface area contributed by atoms with E-state index < -0.39 is 0 Å². The highest BCUT2D eigenvalue weighted by Gasteiger charge is 2.33. The third kappa shape index (κ3) is 3.63. The normalized spacial score (nSPS) is 20.2. The van der Waals surface area contributed by atoms with E-state index in [9.17, 15) is 9.59 Å². The number of carbonyl (C=O) groups excluding carboxylic acids is 2. The van der Waals surface area contributed by atoms with Gasteiger partial charge < -0.3 is 9.80 Å². The lowest BCUT2D eigenvalue weighted by Crippen LogP contribution is -2.45. The van der Waals surface area contributed by atoms with Gasteiger partial charge in [0.25, 0.3) is 0 Å². The van der Waals surface area contributed by atoms with Crippen molar-refractivity contribution in [3.63, 3.8) is 0 Å². The first-order chi connectivity index (χ1) is 11.7. The van der Waals surface area contributed by atoms with Crippen molar-refractivity contribution in [2.24, 2.45) is 5.92 Å². The lowest BCUT2D eigenvalue weighted by atomic mass is 9.91. The monoisotopic (exact) mass is 328 g/mol. The van der Waals surface area contributed by atoms with Crippen LogP contribution in [0.3, 0.4) is 0 Å². The molecule has 2 amide bonds. The van der Waals surface area contributed by atoms with Gasteiger partial charge >= 0.3 is 0 Å². The van der Waals surface area contributed by atoms with E-state index in [0.29, 0.717) is 19.0 Å². The zero-order chi connectivity index (χ0) is 16.9. The molecule has 2 heterocycles. The van der Waals surface area contributed by atoms with Crippen LogP contribution in [0.15, 0.2) is 30.3 Å². The Kier molecular flexibility index (Phi) is 5.54. The average Bonchev–Trinajstić information content (AvgIpc) is 3.17. The SMILES string of the molecule is CCC(C(=O)N1CCC(C(=O)N2CCCC2)CC1)c1ccccc1. The number of likely N-dealkylation sites (tertiary alicyclic amines) is 2. The fraction of sp³-hybridized carbons (Fsp3) is 0.600. The fourth-order valence-electron chi connectivity index (χ4n) is 4.00. The minimum absolute atomic E-state index is 0.0583. The summed E-state index contributed by atoms with van der Waals surface area (Å²) >= 11 is 0. The molecule has 130 valence electrons. The second-order valence-corrected chi connectivity index (χ2v) is 7.00. The summed E-state index contributed by atoms with van der Waals surface area (Å²) in [6, 6.07) is 10.0. The molecule has 0 bridgehead atoms. The summed E-state index contributed by atoms with van der Waals surface area (Å²) in [5.74, 6) is 0.589. The maximum atomic E-state index is 12.9. The Morgan fingerprint density at radius 1 is 1.00 bits per heavy atom. The van der Waals surface area contributed by atoms with Gasteiger partial charge in [-0.25, -0.2) is 0 Å². The molecule has 0 N–H and O–H groups in total. The van der Waals surface area contributed by atoms with E-state index >= 15 is 0 Å². The molecule has 0 aromatic heterocycles. The number of piperidine rings is 1. The molecular weight excluding hydrogens is 300 g/mol. The van der Waals surface area contributed by atoms with Crippen molar-refractivity contribution < 1.29 is 9.59 Å². The molecule has 2 aliphatic rings. The Balaban J connectivity index is 1.57. The third-order valence-corrected chi connectivity index (χ3v) is 5.48. The van der Waals surface area contributed by atoms with Gasteiger partial charge in [0.1, 0.15) is 0 Å². The number of amides is 2. The summed E-state index contributed by atoms with van der Waals surface area (Å²) in [4.78, 5) is 29.4. The van der Waals surface area contributed by atoms with E-state index in [1.807, 2.05) is 40.1 Å². The molecule has 0 aliphatic carbocycles. The zero-order valence-corrected chi connectivity index (χ0v) is 14.6. The lowest BCUT2D eigenvalue weighted by Gasteiger charge is -2.35. The van der Waals surface area contributed by atoms with Crippen LogP contribution in [0.2, 0.25) is 0 Å². The van der Waals surface area contributed by atoms with Crippen LogP contribution in [0, 0.1) is 5.92 Å². The minimum Gasteiger partial charge on any atom is -0.342 e. The summed E-state index contributed by atoms with van der Waals surface area (Å²) in [5, 5.41) is 0. The first kappa shape index (κ1) is 17.0. The molecule has 4 heteroatoms. The number of hydrogen-bond donors (Lipinski definition) is 0. The van der Waals surface area contributed by atoms with Gasteiger partial charge in [-0.05, 0) is 37.7 Å². The van der Waals surface area contributed by atoms with Crippen LogP contribution in [-0.2, 0) is 9.59 Å². The lowest BCUT2D eigenvalue weighted by molar-refractivity contribution is -0.140. The van der Waals surface area contributed by atoms with E-state index in [1.165, 1.54) is 0 Å². The summed E-state index contributed by atoms with van der Waals surface area (Å²) in [5.41, 5.74) is 1.10. The van der Waals surface area contributed by atoms with Crippen LogP contribution in [0.5, 0.6) is 0 Å². The van der Waals surface area contributed by atoms with Crippen molar-refractivity contribution in [1.82, 2.24) is 9.80 Å². The van der Waals surface area contributed by atoms with Crippen molar-refractivity contribution >= 4 is 11.8 Å². The first-order valence-electron chi connectivity index (χ1n) is 9.33. The maximum Gasteiger partial charge on any atom is 0.230 e. The van der Waals surface area contributed by atoms with E-state index in [2.05, 4.69) is 6.92 Å². The zero-order valence-electron chi connectivity index (χ0n) is 14.6. The van der Waals surface area contributed by atoms with Crippen LogP contribution < -0.4 is 0 Å². The highest BCUT2D eigenvalue weighted by atomic mass is 16.2. The highest BCUT2D eigenvalue weighted by molar-refractivity contribution is 5.84. The molecule has 2 saturated heterocycles. The molecule has 1 aromatic rings. The van der Waals surface area contributed by atoms with Gasteiger partial charge in [0.15, 0.2) is 0 Å². The standard InChI is InChI=1S/C20H28N2O2/c1-2-18(16-8-4-3-5-9-16)20(24)22-14-10-17(11-15-22)19(23)21-12-6-7-13-21/h3-5,8-9,17-18H,2,6-7,10-15H2,1H3. The molecule has 3 rings (SSSR count). The second-order valence-electron chi connectivity index (χ2n) is 7.00. The molecule has 0 radical (unpaired) electrons. The third-order valence-electron chi connectivity index (χ3n) is 5.48. The topological polar surface area (TPSA) is 40.6 Å². The van der Waals surface area contributed by atoms with Gasteiger partial charge in [-0.2, -0.15) is 0 Å². The van der Waals surface area contributed by atoms with Crippen molar-refractivity contribution in [2.75, 3.05) is 26.2 Å². The van der Waals surface area contributed by atoms with E-state index in [4.69, 9.17) is 0 Å². The molecule has 1 unspecified atom stereocenters. The summed E-state index contributed by atoms with van der Waals surface area (Å²) in [6.45, 7) is 5.34. The van der Waals surface area contributed by atoms with Crippen LogP contribution in [0.25, 0.3) is 0 Å². The molecule has 2 fully saturated rings. The summed E-state index contributed by atoms with van der Waals surface area (Å²) in [7, 11) is 0. The maximum absolute atomic E-state index is 12.9. The van der Waals surface area contributed by atoms with Gasteiger partial charge in [0.2, 0.25) is 11.8 Å². The number of benzene rings is 1. The highest BCUT2D eigenvalue weighted by Crippen LogP contribution is 2.27. The van der Waals surface area contributed by atoms with Gasteiger partial charge in [0.05, 0.1) is 5.92 Å². The van der Waals surface area contributed by atoms with Crippen LogP contribution in [0.1, 0.15) is 50.5 Å². The quantitative estimate of drug-likeness (QED) is 0.852. The summed E-state index contributed by atoms with van der Waals surface area (Å²) in [6.07, 6.45) is 4.71. The molecule has 0 spiro atoms. The Bertz CT molecular complexity index is 558. The Labute approximate surface area is 144 Å². The van der Waals surface area contributed by atoms with Gasteiger partial charge in [-0.1, -0.05) is 37.3 Å². The number of rotatable bonds is 4. The van der Waals surface area contributed by atoms with Gasteiger partial charge in [0, 0.05) is 32.1 Å². The van der Waals surface area contributed by atoms with Crippen LogP contribution in [-0.4, -0.2) is 47.8 Å². The number of nitrogens with zero attached hydrogens (tertiary/aromatic N) is 2. The first-order valence-corrected chi connectivity index (χ1v) is 9.33. The van der Waals surface area contributed by atoms with Gasteiger partial charge in [-0.15, -0.1) is 0 Å². The molecule has 2 aliphatic heterocycles. The van der Waals surface area contributed by atoms with E-state index in [-0.39, 0.29) is 17.7 Å². The Morgan fingerprint density at radius 3 is 2.21 bits per heavy atom. The number of hydrogen-bond acceptors (Lipinski definition) is 2. The Hall–Kier alpha value is -1.84. The van der Waals surface area contributed by atoms with Crippen molar-refractivity contribution in [1.29, 1.82) is 0 Å². The predicted octanol–water partition coefficient (Wildman–Crippen LogP) is 3.04. The molecule has 0 saturated carbocycles.